The summed E-state index contributed by atoms with van der Waals surface area (Å²) in [5.41, 5.74) is 13.7. The Labute approximate surface area is 428 Å². The van der Waals surface area contributed by atoms with Crippen LogP contribution in [-0.4, -0.2) is 117 Å². The fraction of sp³-hybridized carbons (Fsp3) is 0.464. The van der Waals surface area contributed by atoms with Gasteiger partial charge in [0, 0.05) is 13.1 Å². The van der Waals surface area contributed by atoms with Crippen LogP contribution in [0.5, 0.6) is 0 Å². The zero-order valence-corrected chi connectivity index (χ0v) is 43.2. The fourth-order valence-corrected chi connectivity index (χ4v) is 12.7. The number of benzene rings is 4. The van der Waals surface area contributed by atoms with Crippen molar-refractivity contribution in [3.05, 3.63) is 107 Å². The van der Waals surface area contributed by atoms with Crippen molar-refractivity contribution in [2.75, 3.05) is 51.3 Å². The van der Waals surface area contributed by atoms with Gasteiger partial charge in [-0.3, -0.25) is 9.59 Å². The number of ether oxygens (including phenoxy) is 2. The topological polar surface area (TPSA) is 175 Å². The summed E-state index contributed by atoms with van der Waals surface area (Å²) in [6.07, 6.45) is 13.4. The van der Waals surface area contributed by atoms with E-state index in [4.69, 9.17) is 19.4 Å². The summed E-state index contributed by atoms with van der Waals surface area (Å²) in [6, 6.07) is 25.2. The molecule has 4 heterocycles. The summed E-state index contributed by atoms with van der Waals surface area (Å²) in [5.74, 6) is 2.92. The van der Waals surface area contributed by atoms with Crippen LogP contribution in [0.4, 0.5) is 9.59 Å². The van der Waals surface area contributed by atoms with E-state index in [0.29, 0.717) is 25.9 Å². The summed E-state index contributed by atoms with van der Waals surface area (Å²) in [5, 5.41) is 5.62. The molecule has 14 rings (SSSR count). The fourth-order valence-electron chi connectivity index (χ4n) is 11.7. The van der Waals surface area contributed by atoms with Gasteiger partial charge in [-0.05, 0) is 181 Å². The number of methoxy groups -OCH3 is 2. The number of carbonyl (C=O) groups is 4. The zero-order valence-electron chi connectivity index (χ0n) is 41.6. The number of aromatic amines is 2. The zero-order chi connectivity index (χ0) is 49.7. The van der Waals surface area contributed by atoms with E-state index >= 15 is 0 Å². The van der Waals surface area contributed by atoms with Crippen LogP contribution in [0.2, 0.25) is 0 Å². The van der Waals surface area contributed by atoms with Gasteiger partial charge < -0.3 is 39.9 Å². The number of hydrogen-bond donors (Lipinski definition) is 4. The number of amides is 4. The van der Waals surface area contributed by atoms with Gasteiger partial charge in [-0.15, -0.1) is 0 Å². The van der Waals surface area contributed by atoms with Crippen molar-refractivity contribution in [2.45, 2.75) is 101 Å². The summed E-state index contributed by atoms with van der Waals surface area (Å²) in [7, 11) is 2.66. The molecule has 4 aromatic carbocycles. The van der Waals surface area contributed by atoms with Crippen molar-refractivity contribution in [3.63, 3.8) is 0 Å². The van der Waals surface area contributed by atoms with Crippen molar-refractivity contribution in [1.82, 2.24) is 40.4 Å². The van der Waals surface area contributed by atoms with Gasteiger partial charge in [0.15, 0.2) is 0 Å². The molecule has 8 aliphatic rings. The maximum atomic E-state index is 14.2. The van der Waals surface area contributed by atoms with Gasteiger partial charge >= 0.3 is 12.2 Å². The molecular weight excluding hydrogens is 945 g/mol. The smallest absolute Gasteiger partial charge is 0.407 e. The van der Waals surface area contributed by atoms with Crippen molar-refractivity contribution < 1.29 is 28.7 Å². The molecule has 6 aromatic rings. The maximum absolute atomic E-state index is 14.2. The van der Waals surface area contributed by atoms with Crippen LogP contribution in [0, 0.1) is 10.8 Å². The minimum Gasteiger partial charge on any atom is -0.453 e. The highest BCUT2D eigenvalue weighted by atomic mass is 32.2. The number of imidazole rings is 2. The number of hydrogen-bond acceptors (Lipinski definition) is 10. The number of alkyl carbamates (subject to hydrolysis) is 2. The number of rotatable bonds is 14. The van der Waals surface area contributed by atoms with Gasteiger partial charge in [0.1, 0.15) is 23.7 Å². The highest BCUT2D eigenvalue weighted by molar-refractivity contribution is 7.98. The Bertz CT molecular complexity index is 2870. The van der Waals surface area contributed by atoms with Crippen molar-refractivity contribution >= 4 is 69.6 Å². The molecule has 0 radical (unpaired) electrons. The first-order valence-electron chi connectivity index (χ1n) is 25.5. The number of likely N-dealkylation sites (tertiary alicyclic amines) is 2. The lowest BCUT2D eigenvalue weighted by molar-refractivity contribution is -0.135. The Balaban J connectivity index is 0.830. The predicted molar refractivity (Wildman–Crippen MR) is 284 cm³/mol. The first kappa shape index (κ1) is 48.3. The number of aromatic nitrogens is 4. The van der Waals surface area contributed by atoms with E-state index < -0.39 is 24.3 Å². The standard InChI is InChI=1S/C56H64N8O6S2/c1-69-53(67)61-43(17-23-71-3)51(65)63-31-55(19-20-55)29-47(63)49-57-41-15-13-37(27-45(41)59-49)39-25-33-5-9-35(39)11-7-34-6-10-36(12-8-33)40(26-34)38-14-16-42-46(28-38)60-50(58-42)48-30-56(21-22-56)32-64(48)52(66)44(18-24-72-4)62-54(68)70-2/h5-6,9-10,13-16,25-28,43-44,47-48H,7-8,11-12,17-24,29-32H2,1-4H3,(H,57,59)(H,58,60)(H,61,67)(H,62,68). The van der Waals surface area contributed by atoms with E-state index in [1.54, 1.807) is 23.5 Å². The highest BCUT2D eigenvalue weighted by Crippen LogP contribution is 2.59. The number of carbonyl (C=O) groups excluding carboxylic acids is 4. The summed E-state index contributed by atoms with van der Waals surface area (Å²) >= 11 is 3.30. The SMILES string of the molecule is COC(=O)NC(CCSC)C(=O)N1CC2(CC2)CC1c1nc2ccc(-c3cc4ccc3CCc3ccc(c(-c5ccc6nc(C7CC8(CC8)CN7C(=O)C(CCSC)NC(=O)OC)[nH]c6c5)c3)CC4)cc2[nH]1. The molecular formula is C56H64N8O6S2. The van der Waals surface area contributed by atoms with Gasteiger partial charge in [-0.2, -0.15) is 23.5 Å². The summed E-state index contributed by atoms with van der Waals surface area (Å²) < 4.78 is 9.80. The average molecular weight is 1010 g/mol. The molecule has 4 atom stereocenters. The number of nitrogens with zero attached hydrogens (tertiary/aromatic N) is 4. The van der Waals surface area contributed by atoms with E-state index in [-0.39, 0.29) is 34.7 Å². The van der Waals surface area contributed by atoms with Crippen LogP contribution >= 0.6 is 23.5 Å². The van der Waals surface area contributed by atoms with Crippen molar-refractivity contribution in [3.8, 4) is 22.3 Å². The molecule has 4 bridgehead atoms. The molecule has 4 fully saturated rings. The lowest BCUT2D eigenvalue weighted by Gasteiger charge is -2.28. The van der Waals surface area contributed by atoms with E-state index in [1.165, 1.54) is 47.6 Å². The monoisotopic (exact) mass is 1010 g/mol. The molecule has 16 heteroatoms. The average Bonchev–Trinajstić information content (AvgIpc) is 4.05. The highest BCUT2D eigenvalue weighted by Gasteiger charge is 2.56. The summed E-state index contributed by atoms with van der Waals surface area (Å²) in [4.78, 5) is 74.5. The van der Waals surface area contributed by atoms with E-state index in [9.17, 15) is 19.2 Å². The minimum atomic E-state index is -0.661. The summed E-state index contributed by atoms with van der Waals surface area (Å²) in [6.45, 7) is 1.34. The predicted octanol–water partition coefficient (Wildman–Crippen LogP) is 9.72. The molecule has 4 N–H and O–H groups in total. The van der Waals surface area contributed by atoms with E-state index in [2.05, 4.69) is 93.4 Å². The second-order valence-corrected chi connectivity index (χ2v) is 23.0. The number of fused-ring (bicyclic) bond motifs is 2. The second kappa shape index (κ2) is 19.8. The van der Waals surface area contributed by atoms with Gasteiger partial charge in [-0.1, -0.05) is 48.5 Å². The molecule has 2 aliphatic heterocycles. The first-order valence-corrected chi connectivity index (χ1v) is 28.3. The van der Waals surface area contributed by atoms with Crippen LogP contribution < -0.4 is 10.6 Å². The van der Waals surface area contributed by atoms with E-state index in [1.807, 2.05) is 22.3 Å². The molecule has 376 valence electrons. The van der Waals surface area contributed by atoms with Gasteiger partial charge in [0.25, 0.3) is 0 Å². The lowest BCUT2D eigenvalue weighted by atomic mass is 9.87. The molecule has 2 saturated heterocycles. The van der Waals surface area contributed by atoms with Crippen molar-refractivity contribution in [1.29, 1.82) is 0 Å². The molecule has 2 spiro atoms. The Kier molecular flexibility index (Phi) is 13.3. The molecule has 2 saturated carbocycles. The van der Waals surface area contributed by atoms with Crippen LogP contribution in [0.15, 0.2) is 72.8 Å². The van der Waals surface area contributed by atoms with Crippen LogP contribution in [-0.2, 0) is 44.7 Å². The Morgan fingerprint density at radius 3 is 1.44 bits per heavy atom. The Morgan fingerprint density at radius 2 is 1.06 bits per heavy atom. The maximum Gasteiger partial charge on any atom is 0.407 e. The van der Waals surface area contributed by atoms with Crippen LogP contribution in [0.3, 0.4) is 0 Å². The van der Waals surface area contributed by atoms with Gasteiger partial charge in [0.05, 0.1) is 48.4 Å². The Morgan fingerprint density at radius 1 is 0.625 bits per heavy atom. The number of H-pyrrole nitrogens is 2. The molecule has 14 nitrogen and oxygen atoms in total. The lowest BCUT2D eigenvalue weighted by Crippen LogP contribution is -2.49. The third-order valence-electron chi connectivity index (χ3n) is 16.2. The molecule has 72 heavy (non-hydrogen) atoms. The van der Waals surface area contributed by atoms with Crippen LogP contribution in [0.25, 0.3) is 44.3 Å². The minimum absolute atomic E-state index is 0.0782. The molecule has 4 unspecified atom stereocenters. The van der Waals surface area contributed by atoms with Crippen molar-refractivity contribution in [2.24, 2.45) is 10.8 Å². The molecule has 6 aliphatic carbocycles. The number of thioether (sulfide) groups is 2. The van der Waals surface area contributed by atoms with Gasteiger partial charge in [-0.25, -0.2) is 19.6 Å². The van der Waals surface area contributed by atoms with Crippen LogP contribution in [0.1, 0.15) is 97.4 Å². The second-order valence-electron chi connectivity index (χ2n) is 21.0. The Hall–Kier alpha value is -6.00. The van der Waals surface area contributed by atoms with Gasteiger partial charge in [0.2, 0.25) is 11.8 Å². The van der Waals surface area contributed by atoms with E-state index in [0.717, 1.165) is 121 Å². The molecule has 4 amide bonds. The third-order valence-corrected chi connectivity index (χ3v) is 17.5. The first-order chi connectivity index (χ1) is 35.0. The third kappa shape index (κ3) is 9.68. The largest absolute Gasteiger partial charge is 0.453 e. The normalized spacial score (nSPS) is 20.2. The number of nitrogens with one attached hydrogen (secondary N) is 4. The molecule has 2 aromatic heterocycles. The quantitative estimate of drug-likeness (QED) is 0.0823. The number of aryl methyl sites for hydroxylation is 4.